The standard InChI is InChI=1S/C20H22N2O3S/c1-14(23)16-9-6-10-17(13-16)21-20(25)18(11-12-26-2)22-19(24)15-7-4-3-5-8-15/h3-10,13,18H,11-12H2,1-2H3,(H,21,25)(H,22,24). The van der Waals surface area contributed by atoms with Gasteiger partial charge in [-0.15, -0.1) is 0 Å². The van der Waals surface area contributed by atoms with E-state index in [0.717, 1.165) is 5.75 Å². The number of anilines is 1. The Hall–Kier alpha value is -2.60. The van der Waals surface area contributed by atoms with Gasteiger partial charge in [-0.1, -0.05) is 30.3 Å². The molecule has 1 atom stereocenters. The summed E-state index contributed by atoms with van der Waals surface area (Å²) < 4.78 is 0. The van der Waals surface area contributed by atoms with Gasteiger partial charge in [0.2, 0.25) is 5.91 Å². The van der Waals surface area contributed by atoms with Crippen LogP contribution >= 0.6 is 11.8 Å². The van der Waals surface area contributed by atoms with Gasteiger partial charge in [0.05, 0.1) is 0 Å². The molecular weight excluding hydrogens is 348 g/mol. The predicted octanol–water partition coefficient (Wildman–Crippen LogP) is 3.38. The van der Waals surface area contributed by atoms with Gasteiger partial charge in [-0.25, -0.2) is 0 Å². The second-order valence-electron chi connectivity index (χ2n) is 5.80. The van der Waals surface area contributed by atoms with Crippen LogP contribution in [-0.2, 0) is 4.79 Å². The van der Waals surface area contributed by atoms with Crippen molar-refractivity contribution in [3.63, 3.8) is 0 Å². The molecule has 0 radical (unpaired) electrons. The highest BCUT2D eigenvalue weighted by Gasteiger charge is 2.21. The number of hydrogen-bond acceptors (Lipinski definition) is 4. The summed E-state index contributed by atoms with van der Waals surface area (Å²) in [7, 11) is 0. The fourth-order valence-corrected chi connectivity index (χ4v) is 2.85. The van der Waals surface area contributed by atoms with Gasteiger partial charge in [0.15, 0.2) is 5.78 Å². The molecule has 2 rings (SSSR count). The largest absolute Gasteiger partial charge is 0.340 e. The molecule has 6 heteroatoms. The molecule has 26 heavy (non-hydrogen) atoms. The molecule has 0 aliphatic carbocycles. The average molecular weight is 370 g/mol. The lowest BCUT2D eigenvalue weighted by Crippen LogP contribution is -2.44. The van der Waals surface area contributed by atoms with Crippen molar-refractivity contribution in [2.75, 3.05) is 17.3 Å². The number of carbonyl (C=O) groups is 3. The summed E-state index contributed by atoms with van der Waals surface area (Å²) in [5, 5.41) is 5.58. The van der Waals surface area contributed by atoms with Crippen molar-refractivity contribution in [3.05, 3.63) is 65.7 Å². The predicted molar refractivity (Wildman–Crippen MR) is 106 cm³/mol. The summed E-state index contributed by atoms with van der Waals surface area (Å²) in [6.07, 6.45) is 2.46. The molecular formula is C20H22N2O3S. The zero-order chi connectivity index (χ0) is 18.9. The van der Waals surface area contributed by atoms with E-state index in [9.17, 15) is 14.4 Å². The van der Waals surface area contributed by atoms with Crippen molar-refractivity contribution in [2.24, 2.45) is 0 Å². The first-order valence-corrected chi connectivity index (χ1v) is 9.67. The SMILES string of the molecule is CSCCC(NC(=O)c1ccccc1)C(=O)Nc1cccc(C(C)=O)c1. The summed E-state index contributed by atoms with van der Waals surface area (Å²) in [4.78, 5) is 36.5. The van der Waals surface area contributed by atoms with Crippen molar-refractivity contribution in [1.82, 2.24) is 5.32 Å². The van der Waals surface area contributed by atoms with Gasteiger partial charge in [0.25, 0.3) is 5.91 Å². The van der Waals surface area contributed by atoms with E-state index in [4.69, 9.17) is 0 Å². The Morgan fingerprint density at radius 1 is 1.00 bits per heavy atom. The molecule has 0 fully saturated rings. The van der Waals surface area contributed by atoms with E-state index >= 15 is 0 Å². The van der Waals surface area contributed by atoms with Gasteiger partial charge in [-0.2, -0.15) is 11.8 Å². The number of amides is 2. The molecule has 5 nitrogen and oxygen atoms in total. The van der Waals surface area contributed by atoms with Crippen LogP contribution in [0, 0.1) is 0 Å². The first-order chi connectivity index (χ1) is 12.5. The third kappa shape index (κ3) is 5.74. The number of benzene rings is 2. The Labute approximate surface area is 157 Å². The summed E-state index contributed by atoms with van der Waals surface area (Å²) in [6, 6.07) is 14.9. The lowest BCUT2D eigenvalue weighted by atomic mass is 10.1. The number of hydrogen-bond donors (Lipinski definition) is 2. The van der Waals surface area contributed by atoms with Crippen LogP contribution in [0.15, 0.2) is 54.6 Å². The lowest BCUT2D eigenvalue weighted by molar-refractivity contribution is -0.118. The van der Waals surface area contributed by atoms with Gasteiger partial charge in [-0.05, 0) is 49.6 Å². The lowest BCUT2D eigenvalue weighted by Gasteiger charge is -2.18. The molecule has 2 N–H and O–H groups in total. The second kappa shape index (κ2) is 9.77. The molecule has 0 aliphatic heterocycles. The Morgan fingerprint density at radius 3 is 2.35 bits per heavy atom. The van der Waals surface area contributed by atoms with Crippen LogP contribution in [0.5, 0.6) is 0 Å². The van der Waals surface area contributed by atoms with Crippen LogP contribution in [0.3, 0.4) is 0 Å². The van der Waals surface area contributed by atoms with E-state index in [2.05, 4.69) is 10.6 Å². The number of rotatable bonds is 8. The van der Waals surface area contributed by atoms with Crippen LogP contribution in [0.2, 0.25) is 0 Å². The Morgan fingerprint density at radius 2 is 1.69 bits per heavy atom. The maximum atomic E-state index is 12.6. The molecule has 0 aliphatic rings. The molecule has 2 amide bonds. The maximum Gasteiger partial charge on any atom is 0.251 e. The number of carbonyl (C=O) groups excluding carboxylic acids is 3. The van der Waals surface area contributed by atoms with Crippen LogP contribution in [0.4, 0.5) is 5.69 Å². The molecule has 0 saturated carbocycles. The monoisotopic (exact) mass is 370 g/mol. The minimum atomic E-state index is -0.656. The molecule has 0 heterocycles. The highest BCUT2D eigenvalue weighted by Crippen LogP contribution is 2.13. The normalized spacial score (nSPS) is 11.5. The van der Waals surface area contributed by atoms with E-state index in [1.807, 2.05) is 12.3 Å². The highest BCUT2D eigenvalue weighted by atomic mass is 32.2. The minimum Gasteiger partial charge on any atom is -0.340 e. The summed E-state index contributed by atoms with van der Waals surface area (Å²) in [5.74, 6) is 0.0754. The van der Waals surface area contributed by atoms with Crippen LogP contribution in [-0.4, -0.2) is 35.6 Å². The summed E-state index contributed by atoms with van der Waals surface area (Å²) >= 11 is 1.61. The van der Waals surface area contributed by atoms with E-state index in [0.29, 0.717) is 23.2 Å². The van der Waals surface area contributed by atoms with Gasteiger partial charge in [0.1, 0.15) is 6.04 Å². The second-order valence-corrected chi connectivity index (χ2v) is 6.79. The fourth-order valence-electron chi connectivity index (χ4n) is 2.38. The topological polar surface area (TPSA) is 75.3 Å². The van der Waals surface area contributed by atoms with Crippen molar-refractivity contribution >= 4 is 35.0 Å². The quantitative estimate of drug-likeness (QED) is 0.699. The van der Waals surface area contributed by atoms with E-state index in [1.165, 1.54) is 6.92 Å². The number of thioether (sulfide) groups is 1. The molecule has 1 unspecified atom stereocenters. The third-order valence-corrected chi connectivity index (χ3v) is 4.45. The summed E-state index contributed by atoms with van der Waals surface area (Å²) in [6.45, 7) is 1.47. The molecule has 0 aromatic heterocycles. The zero-order valence-corrected chi connectivity index (χ0v) is 15.6. The van der Waals surface area contributed by atoms with Gasteiger partial charge < -0.3 is 10.6 Å². The average Bonchev–Trinajstić information content (AvgIpc) is 2.65. The van der Waals surface area contributed by atoms with E-state index in [-0.39, 0.29) is 17.6 Å². The molecule has 0 spiro atoms. The van der Waals surface area contributed by atoms with Crippen LogP contribution in [0.1, 0.15) is 34.1 Å². The number of ketones is 1. The third-order valence-electron chi connectivity index (χ3n) is 3.81. The minimum absolute atomic E-state index is 0.0718. The van der Waals surface area contributed by atoms with Crippen molar-refractivity contribution in [2.45, 2.75) is 19.4 Å². The first kappa shape index (κ1) is 19.7. The van der Waals surface area contributed by atoms with Crippen LogP contribution < -0.4 is 10.6 Å². The molecule has 2 aromatic carbocycles. The molecule has 136 valence electrons. The summed E-state index contributed by atoms with van der Waals surface area (Å²) in [5.41, 5.74) is 1.57. The maximum absolute atomic E-state index is 12.6. The number of nitrogens with one attached hydrogen (secondary N) is 2. The van der Waals surface area contributed by atoms with Crippen LogP contribution in [0.25, 0.3) is 0 Å². The zero-order valence-electron chi connectivity index (χ0n) is 14.8. The fraction of sp³-hybridized carbons (Fsp3) is 0.250. The van der Waals surface area contributed by atoms with Crippen molar-refractivity contribution < 1.29 is 14.4 Å². The van der Waals surface area contributed by atoms with Gasteiger partial charge in [-0.3, -0.25) is 14.4 Å². The van der Waals surface area contributed by atoms with Gasteiger partial charge in [0, 0.05) is 16.8 Å². The Balaban J connectivity index is 2.10. The smallest absolute Gasteiger partial charge is 0.251 e. The highest BCUT2D eigenvalue weighted by molar-refractivity contribution is 7.98. The van der Waals surface area contributed by atoms with E-state index in [1.54, 1.807) is 60.3 Å². The Bertz CT molecular complexity index is 778. The van der Waals surface area contributed by atoms with E-state index < -0.39 is 6.04 Å². The Kier molecular flexibility index (Phi) is 7.41. The number of Topliss-reactive ketones (excluding diaryl/α,β-unsaturated/α-hetero) is 1. The molecule has 2 aromatic rings. The molecule has 0 saturated heterocycles. The molecule has 0 bridgehead atoms. The first-order valence-electron chi connectivity index (χ1n) is 8.28. The van der Waals surface area contributed by atoms with Crippen molar-refractivity contribution in [3.8, 4) is 0 Å². The van der Waals surface area contributed by atoms with Crippen molar-refractivity contribution in [1.29, 1.82) is 0 Å². The van der Waals surface area contributed by atoms with Gasteiger partial charge >= 0.3 is 0 Å².